The van der Waals surface area contributed by atoms with Crippen molar-refractivity contribution < 1.29 is 0 Å². The fourth-order valence-electron chi connectivity index (χ4n) is 7.96. The van der Waals surface area contributed by atoms with E-state index in [4.69, 9.17) is 0 Å². The van der Waals surface area contributed by atoms with Crippen LogP contribution in [0.5, 0.6) is 0 Å². The van der Waals surface area contributed by atoms with E-state index in [2.05, 4.69) is 195 Å². The van der Waals surface area contributed by atoms with Gasteiger partial charge in [0.1, 0.15) is 0 Å². The number of rotatable bonds is 5. The average molecular weight is 614 g/mol. The topological polar surface area (TPSA) is 3.24 Å². The van der Waals surface area contributed by atoms with E-state index < -0.39 is 0 Å². The standard InChI is InChI=1S/C47H35N/c1-47(2)42-26-14-25-40(39-24-13-19-32-15-9-11-22-37(32)39)46(42)41-29-28-36(31-43(41)47)48(35-20-7-4-8-21-35)44-30-27-33-16-10-12-23-38(33)45(44)34-17-5-3-6-18-34/h3-31H,1-2H3. The Kier molecular flexibility index (Phi) is 6.55. The van der Waals surface area contributed by atoms with Gasteiger partial charge in [0.05, 0.1) is 5.69 Å². The lowest BCUT2D eigenvalue weighted by atomic mass is 9.81. The summed E-state index contributed by atoms with van der Waals surface area (Å²) in [6.07, 6.45) is 0. The van der Waals surface area contributed by atoms with Gasteiger partial charge in [-0.2, -0.15) is 0 Å². The molecule has 0 bridgehead atoms. The van der Waals surface area contributed by atoms with Crippen LogP contribution in [0.25, 0.3) is 54.9 Å². The van der Waals surface area contributed by atoms with E-state index >= 15 is 0 Å². The maximum absolute atomic E-state index is 2.44. The maximum Gasteiger partial charge on any atom is 0.0546 e. The van der Waals surface area contributed by atoms with Gasteiger partial charge in [0.25, 0.3) is 0 Å². The smallest absolute Gasteiger partial charge is 0.0546 e. The summed E-state index contributed by atoms with van der Waals surface area (Å²) in [5.74, 6) is 0. The number of benzene rings is 8. The van der Waals surface area contributed by atoms with E-state index in [0.717, 1.165) is 17.1 Å². The second-order valence-corrected chi connectivity index (χ2v) is 13.3. The summed E-state index contributed by atoms with van der Waals surface area (Å²) in [5, 5.41) is 5.04. The highest BCUT2D eigenvalue weighted by Crippen LogP contribution is 2.54. The molecule has 0 amide bonds. The van der Waals surface area contributed by atoms with Gasteiger partial charge in [0, 0.05) is 22.4 Å². The number of hydrogen-bond acceptors (Lipinski definition) is 1. The van der Waals surface area contributed by atoms with Crippen molar-refractivity contribution >= 4 is 38.6 Å². The molecule has 0 aromatic heterocycles. The minimum Gasteiger partial charge on any atom is -0.310 e. The number of hydrogen-bond donors (Lipinski definition) is 0. The zero-order chi connectivity index (χ0) is 32.2. The molecule has 0 unspecified atom stereocenters. The summed E-state index contributed by atoms with van der Waals surface area (Å²) in [4.78, 5) is 2.44. The fourth-order valence-corrected chi connectivity index (χ4v) is 7.96. The molecule has 1 aliphatic carbocycles. The number of para-hydroxylation sites is 1. The number of anilines is 3. The molecule has 48 heavy (non-hydrogen) atoms. The van der Waals surface area contributed by atoms with Crippen molar-refractivity contribution in [3.63, 3.8) is 0 Å². The Bertz CT molecular complexity index is 2470. The van der Waals surface area contributed by atoms with Crippen molar-refractivity contribution in [1.82, 2.24) is 0 Å². The Labute approximate surface area is 282 Å². The van der Waals surface area contributed by atoms with E-state index in [1.54, 1.807) is 0 Å². The second-order valence-electron chi connectivity index (χ2n) is 13.3. The first-order valence-electron chi connectivity index (χ1n) is 16.8. The molecule has 0 saturated heterocycles. The molecule has 9 rings (SSSR count). The summed E-state index contributed by atoms with van der Waals surface area (Å²) < 4.78 is 0. The van der Waals surface area contributed by atoms with Crippen molar-refractivity contribution in [2.45, 2.75) is 19.3 Å². The minimum atomic E-state index is -0.171. The summed E-state index contributed by atoms with van der Waals surface area (Å²) in [7, 11) is 0. The largest absolute Gasteiger partial charge is 0.310 e. The Morgan fingerprint density at radius 1 is 0.396 bits per heavy atom. The summed E-state index contributed by atoms with van der Waals surface area (Å²) in [6, 6.07) is 64.3. The van der Waals surface area contributed by atoms with Crippen LogP contribution in [0.3, 0.4) is 0 Å². The molecule has 0 radical (unpaired) electrons. The van der Waals surface area contributed by atoms with Gasteiger partial charge in [-0.05, 0) is 90.8 Å². The van der Waals surface area contributed by atoms with Gasteiger partial charge in [0.15, 0.2) is 0 Å². The molecular weight excluding hydrogens is 579 g/mol. The normalized spacial score (nSPS) is 13.0. The zero-order valence-electron chi connectivity index (χ0n) is 27.2. The van der Waals surface area contributed by atoms with E-state index in [9.17, 15) is 0 Å². The summed E-state index contributed by atoms with van der Waals surface area (Å²) >= 11 is 0. The molecule has 0 fully saturated rings. The quantitative estimate of drug-likeness (QED) is 0.187. The number of fused-ring (bicyclic) bond motifs is 5. The van der Waals surface area contributed by atoms with Gasteiger partial charge < -0.3 is 4.90 Å². The second kappa shape index (κ2) is 11.1. The monoisotopic (exact) mass is 613 g/mol. The van der Waals surface area contributed by atoms with Crippen molar-refractivity contribution in [1.29, 1.82) is 0 Å². The van der Waals surface area contributed by atoms with Crippen molar-refractivity contribution in [3.8, 4) is 33.4 Å². The van der Waals surface area contributed by atoms with Gasteiger partial charge >= 0.3 is 0 Å². The molecule has 1 aliphatic rings. The van der Waals surface area contributed by atoms with Crippen LogP contribution in [0, 0.1) is 0 Å². The van der Waals surface area contributed by atoms with Crippen molar-refractivity contribution in [2.24, 2.45) is 0 Å². The molecule has 0 aliphatic heterocycles. The van der Waals surface area contributed by atoms with Crippen molar-refractivity contribution in [2.75, 3.05) is 4.90 Å². The predicted octanol–water partition coefficient (Wildman–Crippen LogP) is 13.1. The van der Waals surface area contributed by atoms with Crippen LogP contribution in [0.15, 0.2) is 176 Å². The maximum atomic E-state index is 2.44. The SMILES string of the molecule is CC1(C)c2cc(N(c3ccccc3)c3ccc4ccccc4c3-c3ccccc3)ccc2-c2c(-c3cccc4ccccc34)cccc21. The third-order valence-electron chi connectivity index (χ3n) is 10.2. The highest BCUT2D eigenvalue weighted by Gasteiger charge is 2.37. The highest BCUT2D eigenvalue weighted by atomic mass is 15.1. The Morgan fingerprint density at radius 2 is 1.02 bits per heavy atom. The highest BCUT2D eigenvalue weighted by molar-refractivity contribution is 6.06. The molecule has 1 heteroatoms. The van der Waals surface area contributed by atoms with Gasteiger partial charge in [-0.25, -0.2) is 0 Å². The molecule has 8 aromatic carbocycles. The number of nitrogens with zero attached hydrogens (tertiary/aromatic N) is 1. The van der Waals surface area contributed by atoms with E-state index in [0.29, 0.717) is 0 Å². The Balaban J connectivity index is 1.28. The lowest BCUT2D eigenvalue weighted by Gasteiger charge is -2.30. The molecule has 1 nitrogen and oxygen atoms in total. The Hall–Kier alpha value is -5.92. The lowest BCUT2D eigenvalue weighted by Crippen LogP contribution is -2.17. The summed E-state index contributed by atoms with van der Waals surface area (Å²) in [6.45, 7) is 4.76. The minimum absolute atomic E-state index is 0.171. The molecule has 228 valence electrons. The average Bonchev–Trinajstić information content (AvgIpc) is 3.38. The Morgan fingerprint density at radius 3 is 1.81 bits per heavy atom. The molecule has 0 saturated carbocycles. The molecule has 0 atom stereocenters. The summed E-state index contributed by atoms with van der Waals surface area (Å²) in [5.41, 5.74) is 13.7. The zero-order valence-corrected chi connectivity index (χ0v) is 27.2. The van der Waals surface area contributed by atoms with Gasteiger partial charge in [-0.3, -0.25) is 0 Å². The lowest BCUT2D eigenvalue weighted by molar-refractivity contribution is 0.660. The first kappa shape index (κ1) is 28.3. The van der Waals surface area contributed by atoms with Crippen LogP contribution >= 0.6 is 0 Å². The molecule has 8 aromatic rings. The predicted molar refractivity (Wildman–Crippen MR) is 205 cm³/mol. The van der Waals surface area contributed by atoms with Crippen LogP contribution in [-0.4, -0.2) is 0 Å². The van der Waals surface area contributed by atoms with E-state index in [-0.39, 0.29) is 5.41 Å². The van der Waals surface area contributed by atoms with Crippen LogP contribution in [-0.2, 0) is 5.41 Å². The van der Waals surface area contributed by atoms with Gasteiger partial charge in [0.2, 0.25) is 0 Å². The first-order chi connectivity index (χ1) is 23.6. The van der Waals surface area contributed by atoms with E-state index in [1.165, 1.54) is 66.1 Å². The van der Waals surface area contributed by atoms with Crippen LogP contribution < -0.4 is 4.90 Å². The first-order valence-corrected chi connectivity index (χ1v) is 16.8. The van der Waals surface area contributed by atoms with E-state index in [1.807, 2.05) is 0 Å². The fraction of sp³-hybridized carbons (Fsp3) is 0.0638. The van der Waals surface area contributed by atoms with Crippen molar-refractivity contribution in [3.05, 3.63) is 187 Å². The molecule has 0 spiro atoms. The molecule has 0 heterocycles. The third kappa shape index (κ3) is 4.39. The van der Waals surface area contributed by atoms with Crippen LogP contribution in [0.2, 0.25) is 0 Å². The molecular formula is C47H35N. The third-order valence-corrected chi connectivity index (χ3v) is 10.2. The van der Waals surface area contributed by atoms with Crippen LogP contribution in [0.1, 0.15) is 25.0 Å². The molecule has 0 N–H and O–H groups in total. The van der Waals surface area contributed by atoms with Gasteiger partial charge in [-0.15, -0.1) is 0 Å². The van der Waals surface area contributed by atoms with Crippen LogP contribution in [0.4, 0.5) is 17.1 Å². The van der Waals surface area contributed by atoms with Gasteiger partial charge in [-0.1, -0.05) is 159 Å².